The summed E-state index contributed by atoms with van der Waals surface area (Å²) in [4.78, 5) is 0. The van der Waals surface area contributed by atoms with E-state index in [1.165, 1.54) is 0 Å². The Balaban J connectivity index is 4.46. The Labute approximate surface area is 68.6 Å². The molecule has 0 aromatic carbocycles. The molecule has 0 bridgehead atoms. The van der Waals surface area contributed by atoms with Gasteiger partial charge in [0.1, 0.15) is 0 Å². The summed E-state index contributed by atoms with van der Waals surface area (Å²) in [6, 6.07) is 0. The predicted molar refractivity (Wildman–Crippen MR) is 51.1 cm³/mol. The number of hydrogen-bond donors (Lipinski definition) is 1. The van der Waals surface area contributed by atoms with Gasteiger partial charge in [0.2, 0.25) is 0 Å². The van der Waals surface area contributed by atoms with E-state index >= 15 is 0 Å². The fourth-order valence-electron chi connectivity index (χ4n) is 0.767. The van der Waals surface area contributed by atoms with Crippen molar-refractivity contribution in [2.75, 3.05) is 0 Å². The van der Waals surface area contributed by atoms with Gasteiger partial charge >= 0.3 is 0 Å². The van der Waals surface area contributed by atoms with Gasteiger partial charge in [0, 0.05) is 5.71 Å². The van der Waals surface area contributed by atoms with Crippen LogP contribution in [0.2, 0.25) is 0 Å². The highest BCUT2D eigenvalue weighted by molar-refractivity contribution is 6.00. The largest absolute Gasteiger partial charge is 0.305 e. The Hall–Kier alpha value is -1.11. The van der Waals surface area contributed by atoms with E-state index in [0.717, 1.165) is 12.0 Å². The molecule has 0 radical (unpaired) electrons. The minimum Gasteiger partial charge on any atom is -0.305 e. The molecule has 0 aromatic rings. The van der Waals surface area contributed by atoms with Crippen molar-refractivity contribution < 1.29 is 0 Å². The van der Waals surface area contributed by atoms with E-state index in [-0.39, 0.29) is 0 Å². The lowest BCUT2D eigenvalue weighted by Crippen LogP contribution is -1.95. The Morgan fingerprint density at radius 1 is 1.55 bits per heavy atom. The van der Waals surface area contributed by atoms with Crippen molar-refractivity contribution in [2.45, 2.75) is 20.3 Å². The van der Waals surface area contributed by atoms with Gasteiger partial charge in [-0.25, -0.2) is 0 Å². The van der Waals surface area contributed by atoms with Gasteiger partial charge in [0.05, 0.1) is 0 Å². The molecule has 1 nitrogen and oxygen atoms in total. The SMILES string of the molecule is C=C/C=C(\C=C/C)C(=N)CC. The third-order valence-corrected chi connectivity index (χ3v) is 1.35. The minimum atomic E-state index is 0.656. The zero-order chi connectivity index (χ0) is 8.69. The molecular formula is C10H15N. The van der Waals surface area contributed by atoms with Crippen LogP contribution in [0, 0.1) is 5.41 Å². The van der Waals surface area contributed by atoms with Crippen LogP contribution in [0.3, 0.4) is 0 Å². The van der Waals surface area contributed by atoms with Crippen LogP contribution in [0.1, 0.15) is 20.3 Å². The molecule has 0 aliphatic carbocycles. The molecule has 0 spiro atoms. The molecule has 0 aromatic heterocycles. The smallest absolute Gasteiger partial charge is 0.0383 e. The molecule has 0 unspecified atom stereocenters. The van der Waals surface area contributed by atoms with Crippen molar-refractivity contribution in [3.05, 3.63) is 36.5 Å². The van der Waals surface area contributed by atoms with E-state index in [2.05, 4.69) is 6.58 Å². The fraction of sp³-hybridized carbons (Fsp3) is 0.300. The Kier molecular flexibility index (Phi) is 5.09. The van der Waals surface area contributed by atoms with E-state index in [9.17, 15) is 0 Å². The zero-order valence-electron chi connectivity index (χ0n) is 7.22. The molecule has 0 heterocycles. The van der Waals surface area contributed by atoms with Crippen LogP contribution >= 0.6 is 0 Å². The maximum Gasteiger partial charge on any atom is 0.0383 e. The summed E-state index contributed by atoms with van der Waals surface area (Å²) >= 11 is 0. The first-order chi connectivity index (χ1) is 5.26. The van der Waals surface area contributed by atoms with E-state index in [1.807, 2.05) is 32.1 Å². The number of nitrogens with one attached hydrogen (secondary N) is 1. The molecule has 0 amide bonds. The van der Waals surface area contributed by atoms with Crippen molar-refractivity contribution in [2.24, 2.45) is 0 Å². The molecule has 11 heavy (non-hydrogen) atoms. The van der Waals surface area contributed by atoms with Gasteiger partial charge in [0.25, 0.3) is 0 Å². The second-order valence-electron chi connectivity index (χ2n) is 2.19. The molecular weight excluding hydrogens is 134 g/mol. The number of hydrogen-bond acceptors (Lipinski definition) is 1. The second-order valence-corrected chi connectivity index (χ2v) is 2.19. The van der Waals surface area contributed by atoms with Crippen LogP contribution in [0.5, 0.6) is 0 Å². The average molecular weight is 149 g/mol. The molecule has 60 valence electrons. The van der Waals surface area contributed by atoms with Crippen LogP contribution in [-0.2, 0) is 0 Å². The zero-order valence-corrected chi connectivity index (χ0v) is 7.22. The van der Waals surface area contributed by atoms with Crippen molar-refractivity contribution in [1.82, 2.24) is 0 Å². The minimum absolute atomic E-state index is 0.656. The lowest BCUT2D eigenvalue weighted by Gasteiger charge is -1.98. The molecule has 0 aliphatic heterocycles. The van der Waals surface area contributed by atoms with Crippen molar-refractivity contribution >= 4 is 5.71 Å². The van der Waals surface area contributed by atoms with Crippen LogP contribution in [0.4, 0.5) is 0 Å². The van der Waals surface area contributed by atoms with Crippen LogP contribution < -0.4 is 0 Å². The van der Waals surface area contributed by atoms with Crippen LogP contribution in [0.15, 0.2) is 36.5 Å². The molecule has 0 saturated carbocycles. The first-order valence-corrected chi connectivity index (χ1v) is 3.79. The summed E-state index contributed by atoms with van der Waals surface area (Å²) in [6.45, 7) is 7.51. The molecule has 0 saturated heterocycles. The summed E-state index contributed by atoms with van der Waals surface area (Å²) in [5, 5.41) is 7.53. The highest BCUT2D eigenvalue weighted by Gasteiger charge is 1.95. The van der Waals surface area contributed by atoms with E-state index in [4.69, 9.17) is 5.41 Å². The van der Waals surface area contributed by atoms with Gasteiger partial charge in [-0.1, -0.05) is 37.8 Å². The van der Waals surface area contributed by atoms with Gasteiger partial charge in [-0.2, -0.15) is 0 Å². The van der Waals surface area contributed by atoms with Gasteiger partial charge in [-0.05, 0) is 18.9 Å². The quantitative estimate of drug-likeness (QED) is 0.469. The number of rotatable bonds is 4. The van der Waals surface area contributed by atoms with E-state index in [0.29, 0.717) is 5.71 Å². The Morgan fingerprint density at radius 3 is 2.55 bits per heavy atom. The van der Waals surface area contributed by atoms with Crippen molar-refractivity contribution in [3.63, 3.8) is 0 Å². The Morgan fingerprint density at radius 2 is 2.18 bits per heavy atom. The Bertz CT molecular complexity index is 197. The highest BCUT2D eigenvalue weighted by Crippen LogP contribution is 2.02. The van der Waals surface area contributed by atoms with Gasteiger partial charge in [-0.15, -0.1) is 0 Å². The third-order valence-electron chi connectivity index (χ3n) is 1.35. The monoisotopic (exact) mass is 149 g/mol. The molecule has 0 aliphatic rings. The summed E-state index contributed by atoms with van der Waals surface area (Å²) in [7, 11) is 0. The topological polar surface area (TPSA) is 23.9 Å². The molecule has 1 N–H and O–H groups in total. The first-order valence-electron chi connectivity index (χ1n) is 3.79. The first kappa shape index (κ1) is 9.89. The summed E-state index contributed by atoms with van der Waals surface area (Å²) < 4.78 is 0. The van der Waals surface area contributed by atoms with Crippen LogP contribution in [0.25, 0.3) is 0 Å². The lowest BCUT2D eigenvalue weighted by molar-refractivity contribution is 1.24. The van der Waals surface area contributed by atoms with Gasteiger partial charge < -0.3 is 5.41 Å². The van der Waals surface area contributed by atoms with Gasteiger partial charge in [0.15, 0.2) is 0 Å². The normalized spacial score (nSPS) is 12.0. The summed E-state index contributed by atoms with van der Waals surface area (Å²) in [5.74, 6) is 0. The van der Waals surface area contributed by atoms with Crippen molar-refractivity contribution in [1.29, 1.82) is 5.41 Å². The van der Waals surface area contributed by atoms with Crippen molar-refractivity contribution in [3.8, 4) is 0 Å². The predicted octanol–water partition coefficient (Wildman–Crippen LogP) is 3.10. The fourth-order valence-corrected chi connectivity index (χ4v) is 0.767. The lowest BCUT2D eigenvalue weighted by atomic mass is 10.1. The number of allylic oxidation sites excluding steroid dienone is 5. The maximum absolute atomic E-state index is 7.53. The standard InChI is InChI=1S/C10H15N/c1-4-7-9(8-5-2)10(11)6-3/h4-5,7-8,11H,1,6H2,2-3H3/b8-5-,9-7+,11-10?. The molecule has 0 atom stereocenters. The van der Waals surface area contributed by atoms with E-state index < -0.39 is 0 Å². The second kappa shape index (κ2) is 5.66. The maximum atomic E-state index is 7.53. The van der Waals surface area contributed by atoms with E-state index in [1.54, 1.807) is 6.08 Å². The van der Waals surface area contributed by atoms with Crippen LogP contribution in [-0.4, -0.2) is 5.71 Å². The molecule has 0 rings (SSSR count). The van der Waals surface area contributed by atoms with Gasteiger partial charge in [-0.3, -0.25) is 0 Å². The average Bonchev–Trinajstić information content (AvgIpc) is 2.03. The summed E-state index contributed by atoms with van der Waals surface area (Å²) in [6.07, 6.45) is 8.18. The highest BCUT2D eigenvalue weighted by atomic mass is 14.4. The molecule has 0 fully saturated rings. The summed E-state index contributed by atoms with van der Waals surface area (Å²) in [5.41, 5.74) is 1.60. The third kappa shape index (κ3) is 3.56. The molecule has 1 heteroatoms.